The third-order valence-electron chi connectivity index (χ3n) is 10.9. The number of esters is 2. The van der Waals surface area contributed by atoms with Gasteiger partial charge in [-0.25, -0.2) is 9.59 Å². The molecule has 0 aromatic heterocycles. The van der Waals surface area contributed by atoms with Crippen LogP contribution >= 0.6 is 0 Å². The first kappa shape index (κ1) is 37.6. The molecule has 0 unspecified atom stereocenters. The summed E-state index contributed by atoms with van der Waals surface area (Å²) in [6, 6.07) is 69.3. The van der Waals surface area contributed by atoms with Gasteiger partial charge in [0.15, 0.2) is 0 Å². The second-order valence-corrected chi connectivity index (χ2v) is 14.3. The van der Waals surface area contributed by atoms with Gasteiger partial charge in [0.25, 0.3) is 0 Å². The van der Waals surface area contributed by atoms with E-state index in [1.807, 2.05) is 78.9 Å². The van der Waals surface area contributed by atoms with Crippen LogP contribution in [0.2, 0.25) is 0 Å². The topological polar surface area (TPSA) is 59.1 Å². The maximum atomic E-state index is 13.4. The van der Waals surface area contributed by atoms with Crippen molar-refractivity contribution in [1.82, 2.24) is 0 Å². The highest BCUT2D eigenvalue weighted by Gasteiger charge is 2.25. The molecule has 0 amide bonds. The number of anilines is 6. The van der Waals surface area contributed by atoms with E-state index in [0.717, 1.165) is 77.9 Å². The summed E-state index contributed by atoms with van der Waals surface area (Å²) in [4.78, 5) is 31.2. The molecule has 0 N–H and O–H groups in total. The van der Waals surface area contributed by atoms with Gasteiger partial charge in [-0.3, -0.25) is 0 Å². The molecule has 290 valence electrons. The molecular formula is C54H40N2O4. The van der Waals surface area contributed by atoms with Crippen molar-refractivity contribution in [3.63, 3.8) is 0 Å². The van der Waals surface area contributed by atoms with E-state index >= 15 is 0 Å². The Hall–Kier alpha value is -7.96. The molecule has 9 aromatic carbocycles. The van der Waals surface area contributed by atoms with E-state index in [-0.39, 0.29) is 0 Å². The quantitative estimate of drug-likeness (QED) is 0.102. The van der Waals surface area contributed by atoms with Gasteiger partial charge in [-0.2, -0.15) is 0 Å². The smallest absolute Gasteiger partial charge is 0.338 e. The molecule has 0 bridgehead atoms. The number of fused-ring (bicyclic) bond motifs is 2. The molecular weight excluding hydrogens is 741 g/mol. The average Bonchev–Trinajstić information content (AvgIpc) is 3.32. The van der Waals surface area contributed by atoms with E-state index in [2.05, 4.69) is 125 Å². The van der Waals surface area contributed by atoms with Crippen molar-refractivity contribution in [2.45, 2.75) is 0 Å². The molecule has 0 heterocycles. The van der Waals surface area contributed by atoms with Gasteiger partial charge < -0.3 is 19.3 Å². The van der Waals surface area contributed by atoms with E-state index < -0.39 is 11.9 Å². The highest BCUT2D eigenvalue weighted by molar-refractivity contribution is 6.24. The van der Waals surface area contributed by atoms with Crippen molar-refractivity contribution >= 4 is 67.6 Å². The molecule has 9 aromatic rings. The number of benzene rings is 9. The van der Waals surface area contributed by atoms with Crippen molar-refractivity contribution in [1.29, 1.82) is 0 Å². The van der Waals surface area contributed by atoms with E-state index in [0.29, 0.717) is 11.1 Å². The first-order valence-corrected chi connectivity index (χ1v) is 19.7. The summed E-state index contributed by atoms with van der Waals surface area (Å²) < 4.78 is 10.6. The molecule has 0 aliphatic heterocycles. The first-order chi connectivity index (χ1) is 29.6. The predicted octanol–water partition coefficient (Wildman–Crippen LogP) is 13.8. The summed E-state index contributed by atoms with van der Waals surface area (Å²) >= 11 is 0. The van der Waals surface area contributed by atoms with Crippen LogP contribution in [0.15, 0.2) is 206 Å². The lowest BCUT2D eigenvalue weighted by atomic mass is 9.83. The van der Waals surface area contributed by atoms with Gasteiger partial charge in [0.05, 0.1) is 25.3 Å². The molecule has 0 aliphatic carbocycles. The maximum absolute atomic E-state index is 13.4. The third-order valence-corrected chi connectivity index (χ3v) is 10.9. The summed E-state index contributed by atoms with van der Waals surface area (Å²) in [5, 5.41) is 3.66. The van der Waals surface area contributed by atoms with Gasteiger partial charge >= 0.3 is 11.9 Å². The Labute approximate surface area is 349 Å². The molecule has 0 aliphatic rings. The lowest BCUT2D eigenvalue weighted by Crippen LogP contribution is -2.12. The van der Waals surface area contributed by atoms with Gasteiger partial charge in [0, 0.05) is 34.1 Å². The number of rotatable bonds is 10. The van der Waals surface area contributed by atoms with E-state index in [1.165, 1.54) is 14.2 Å². The minimum atomic E-state index is -0.426. The van der Waals surface area contributed by atoms with Crippen LogP contribution in [0.25, 0.3) is 43.8 Å². The van der Waals surface area contributed by atoms with Crippen LogP contribution in [-0.4, -0.2) is 26.2 Å². The lowest BCUT2D eigenvalue weighted by Gasteiger charge is -2.29. The van der Waals surface area contributed by atoms with Gasteiger partial charge in [-0.1, -0.05) is 121 Å². The summed E-state index contributed by atoms with van der Waals surface area (Å²) in [5.74, 6) is -0.846. The van der Waals surface area contributed by atoms with E-state index in [1.54, 1.807) is 12.1 Å². The lowest BCUT2D eigenvalue weighted by molar-refractivity contribution is 0.0592. The van der Waals surface area contributed by atoms with Crippen LogP contribution in [-0.2, 0) is 9.47 Å². The average molecular weight is 781 g/mol. The zero-order chi connectivity index (χ0) is 41.0. The zero-order valence-electron chi connectivity index (χ0n) is 33.2. The van der Waals surface area contributed by atoms with Crippen LogP contribution in [0, 0.1) is 0 Å². The van der Waals surface area contributed by atoms with Crippen LogP contribution in [0.5, 0.6) is 0 Å². The van der Waals surface area contributed by atoms with Gasteiger partial charge in [0.1, 0.15) is 0 Å². The monoisotopic (exact) mass is 780 g/mol. The van der Waals surface area contributed by atoms with Gasteiger partial charge in [0.2, 0.25) is 0 Å². The van der Waals surface area contributed by atoms with Crippen LogP contribution < -0.4 is 9.80 Å². The molecule has 0 atom stereocenters. The van der Waals surface area contributed by atoms with Crippen molar-refractivity contribution in [3.05, 3.63) is 217 Å². The van der Waals surface area contributed by atoms with Crippen LogP contribution in [0.1, 0.15) is 20.7 Å². The summed E-state index contributed by atoms with van der Waals surface area (Å²) in [7, 11) is 2.81. The van der Waals surface area contributed by atoms with Crippen molar-refractivity contribution in [2.24, 2.45) is 0 Å². The Kier molecular flexibility index (Phi) is 10.3. The minimum absolute atomic E-state index is 0.420. The van der Waals surface area contributed by atoms with Gasteiger partial charge in [-0.15, -0.1) is 0 Å². The van der Waals surface area contributed by atoms with E-state index in [9.17, 15) is 9.59 Å². The second kappa shape index (κ2) is 16.5. The molecule has 0 radical (unpaired) electrons. The fraction of sp³-hybridized carbons (Fsp3) is 0.0370. The number of carbonyl (C=O) groups is 2. The zero-order valence-corrected chi connectivity index (χ0v) is 33.2. The Morgan fingerprint density at radius 2 is 0.650 bits per heavy atom. The van der Waals surface area contributed by atoms with Crippen LogP contribution in [0.3, 0.4) is 0 Å². The van der Waals surface area contributed by atoms with Gasteiger partial charge in [-0.05, 0) is 129 Å². The van der Waals surface area contributed by atoms with Crippen LogP contribution in [0.4, 0.5) is 34.1 Å². The standard InChI is InChI=1S/C54H40N2O4/c1-59-53(57)48-28-16-14-26-45(48)51-43-24-12-13-25-44(43)52(46-27-15-17-29-49(46)54(58)60-2)50-36-42(34-35-47(50)51)56(39-22-10-5-11-23-39)41-32-30-40(31-33-41)55(37-18-6-3-7-19-37)38-20-8-4-9-21-38/h3-36H,1-2H3. The highest BCUT2D eigenvalue weighted by Crippen LogP contribution is 2.48. The first-order valence-electron chi connectivity index (χ1n) is 19.7. The fourth-order valence-corrected chi connectivity index (χ4v) is 8.24. The SMILES string of the molecule is COC(=O)c1ccccc1-c1c2ccccc2c(-c2ccccc2C(=O)OC)c2cc(N(c3ccccc3)c3ccc(N(c4ccccc4)c4ccccc4)cc3)ccc12. The Bertz CT molecular complexity index is 2950. The molecule has 6 nitrogen and oxygen atoms in total. The number of carbonyl (C=O) groups excluding carboxylic acids is 2. The summed E-state index contributed by atoms with van der Waals surface area (Å²) in [6.07, 6.45) is 0. The Morgan fingerprint density at radius 3 is 1.08 bits per heavy atom. The van der Waals surface area contributed by atoms with Crippen molar-refractivity contribution in [2.75, 3.05) is 24.0 Å². The Balaban J connectivity index is 1.31. The minimum Gasteiger partial charge on any atom is -0.465 e. The number of nitrogens with zero attached hydrogens (tertiary/aromatic N) is 2. The Morgan fingerprint density at radius 1 is 0.333 bits per heavy atom. The maximum Gasteiger partial charge on any atom is 0.338 e. The number of para-hydroxylation sites is 3. The molecule has 0 saturated heterocycles. The molecule has 60 heavy (non-hydrogen) atoms. The second-order valence-electron chi connectivity index (χ2n) is 14.3. The van der Waals surface area contributed by atoms with Crippen molar-refractivity contribution < 1.29 is 19.1 Å². The number of hydrogen-bond donors (Lipinski definition) is 0. The molecule has 0 saturated carbocycles. The molecule has 0 spiro atoms. The number of hydrogen-bond acceptors (Lipinski definition) is 6. The predicted molar refractivity (Wildman–Crippen MR) is 244 cm³/mol. The highest BCUT2D eigenvalue weighted by atomic mass is 16.5. The van der Waals surface area contributed by atoms with E-state index in [4.69, 9.17) is 9.47 Å². The number of ether oxygens (including phenoxy) is 2. The fourth-order valence-electron chi connectivity index (χ4n) is 8.24. The summed E-state index contributed by atoms with van der Waals surface area (Å²) in [6.45, 7) is 0. The summed E-state index contributed by atoms with van der Waals surface area (Å²) in [5.41, 5.74) is 10.2. The number of methoxy groups -OCH3 is 2. The normalized spacial score (nSPS) is 11.0. The molecule has 6 heteroatoms. The molecule has 9 rings (SSSR count). The molecule has 0 fully saturated rings. The largest absolute Gasteiger partial charge is 0.465 e. The third kappa shape index (κ3) is 6.90. The van der Waals surface area contributed by atoms with Crippen molar-refractivity contribution in [3.8, 4) is 22.3 Å².